The van der Waals surface area contributed by atoms with Crippen LogP contribution >= 0.6 is 23.2 Å². The van der Waals surface area contributed by atoms with Crippen LogP contribution in [0.3, 0.4) is 0 Å². The standard InChI is InChI=1S/2C11H7ClF5NO3/c1-3-5(9(19)20)6(12)4(8(14)7(3)13)2-18-10(21)11(15,16)17;1-3-4(2-18-10(21)11(15,16)17)7(13)8(14)6(12)5(3)9(19)20/h2*2H2,1H3,(H,18,21)(H,19,20). The topological polar surface area (TPSA) is 133 Å². The summed E-state index contributed by atoms with van der Waals surface area (Å²) in [5.74, 6) is -14.6. The number of carboxylic acid groups (broad SMARTS) is 2. The molecular weight excluding hydrogens is 649 g/mol. The maximum atomic E-state index is 13.6. The molecule has 0 radical (unpaired) electrons. The van der Waals surface area contributed by atoms with Gasteiger partial charge in [-0.25, -0.2) is 27.2 Å². The molecule has 42 heavy (non-hydrogen) atoms. The Balaban J connectivity index is 0.000000420. The van der Waals surface area contributed by atoms with E-state index in [9.17, 15) is 63.1 Å². The highest BCUT2D eigenvalue weighted by molar-refractivity contribution is 6.34. The quantitative estimate of drug-likeness (QED) is 0.181. The van der Waals surface area contributed by atoms with Crippen molar-refractivity contribution in [2.75, 3.05) is 0 Å². The molecule has 0 atom stereocenters. The Labute approximate surface area is 237 Å². The van der Waals surface area contributed by atoms with Crippen LogP contribution in [-0.4, -0.2) is 46.3 Å². The van der Waals surface area contributed by atoms with Gasteiger partial charge in [-0.05, 0) is 19.4 Å². The molecule has 0 heterocycles. The van der Waals surface area contributed by atoms with Crippen molar-refractivity contribution in [1.82, 2.24) is 10.6 Å². The summed E-state index contributed by atoms with van der Waals surface area (Å²) in [6, 6.07) is 0. The molecule has 0 aliphatic heterocycles. The van der Waals surface area contributed by atoms with Crippen molar-refractivity contribution in [3.8, 4) is 0 Å². The van der Waals surface area contributed by atoms with Gasteiger partial charge in [0.2, 0.25) is 0 Å². The zero-order chi connectivity index (χ0) is 33.1. The molecule has 0 fully saturated rings. The normalized spacial score (nSPS) is 11.4. The van der Waals surface area contributed by atoms with E-state index in [4.69, 9.17) is 33.4 Å². The predicted octanol–water partition coefficient (Wildman–Crippen LogP) is 5.61. The van der Waals surface area contributed by atoms with Gasteiger partial charge < -0.3 is 20.8 Å². The highest BCUT2D eigenvalue weighted by atomic mass is 35.5. The van der Waals surface area contributed by atoms with Crippen molar-refractivity contribution in [3.63, 3.8) is 0 Å². The minimum atomic E-state index is -5.22. The summed E-state index contributed by atoms with van der Waals surface area (Å²) in [5, 5.41) is 18.5. The molecule has 0 aliphatic carbocycles. The first kappa shape index (κ1) is 36.2. The molecule has 20 heteroatoms. The van der Waals surface area contributed by atoms with Crippen LogP contribution < -0.4 is 10.6 Å². The monoisotopic (exact) mass is 662 g/mol. The molecule has 2 aromatic rings. The molecule has 0 unspecified atom stereocenters. The van der Waals surface area contributed by atoms with Gasteiger partial charge in [-0.1, -0.05) is 23.2 Å². The number of hydrogen-bond acceptors (Lipinski definition) is 4. The molecule has 0 spiro atoms. The molecule has 0 aromatic heterocycles. The molecule has 0 saturated carbocycles. The van der Waals surface area contributed by atoms with Crippen LogP contribution in [0.4, 0.5) is 43.9 Å². The van der Waals surface area contributed by atoms with E-state index in [-0.39, 0.29) is 5.56 Å². The number of rotatable bonds is 6. The highest BCUT2D eigenvalue weighted by Crippen LogP contribution is 2.31. The van der Waals surface area contributed by atoms with Gasteiger partial charge in [0, 0.05) is 29.8 Å². The number of carbonyl (C=O) groups is 4. The summed E-state index contributed by atoms with van der Waals surface area (Å²) in [6.07, 6.45) is -10.4. The lowest BCUT2D eigenvalue weighted by atomic mass is 10.0. The number of carboxylic acids is 2. The summed E-state index contributed by atoms with van der Waals surface area (Å²) in [6.45, 7) is -0.163. The van der Waals surface area contributed by atoms with Crippen molar-refractivity contribution in [1.29, 1.82) is 0 Å². The Bertz CT molecular complexity index is 1340. The summed E-state index contributed by atoms with van der Waals surface area (Å²) >= 11 is 10.9. The first-order chi connectivity index (χ1) is 19.0. The molecule has 0 aliphatic rings. The Kier molecular flexibility index (Phi) is 11.6. The smallest absolute Gasteiger partial charge is 0.471 e. The van der Waals surface area contributed by atoms with Crippen LogP contribution in [-0.2, 0) is 22.7 Å². The van der Waals surface area contributed by atoms with E-state index in [1.165, 1.54) is 10.6 Å². The highest BCUT2D eigenvalue weighted by Gasteiger charge is 2.39. The van der Waals surface area contributed by atoms with E-state index in [1.807, 2.05) is 0 Å². The molecule has 232 valence electrons. The van der Waals surface area contributed by atoms with E-state index in [0.29, 0.717) is 0 Å². The molecule has 0 saturated heterocycles. The first-order valence-corrected chi connectivity index (χ1v) is 11.2. The van der Waals surface area contributed by atoms with E-state index in [0.717, 1.165) is 13.8 Å². The van der Waals surface area contributed by atoms with E-state index in [2.05, 4.69) is 0 Å². The van der Waals surface area contributed by atoms with Gasteiger partial charge in [-0.3, -0.25) is 9.59 Å². The van der Waals surface area contributed by atoms with Crippen molar-refractivity contribution in [2.45, 2.75) is 39.3 Å². The van der Waals surface area contributed by atoms with Gasteiger partial charge in [0.05, 0.1) is 21.2 Å². The van der Waals surface area contributed by atoms with Crippen molar-refractivity contribution < 1.29 is 73.3 Å². The second-order valence-electron chi connectivity index (χ2n) is 7.81. The van der Waals surface area contributed by atoms with Crippen molar-refractivity contribution >= 4 is 47.0 Å². The number of hydrogen-bond donors (Lipinski definition) is 4. The van der Waals surface area contributed by atoms with Crippen LogP contribution in [0.1, 0.15) is 43.0 Å². The number of halogens is 12. The number of nitrogens with one attached hydrogen (secondary N) is 2. The lowest BCUT2D eigenvalue weighted by molar-refractivity contribution is -0.173. The Morgan fingerprint density at radius 2 is 0.976 bits per heavy atom. The Morgan fingerprint density at radius 3 is 1.36 bits per heavy atom. The molecule has 2 amide bonds. The maximum Gasteiger partial charge on any atom is 0.471 e. The van der Waals surface area contributed by atoms with E-state index < -0.39 is 110 Å². The zero-order valence-electron chi connectivity index (χ0n) is 20.5. The lowest BCUT2D eigenvalue weighted by Gasteiger charge is -2.14. The van der Waals surface area contributed by atoms with Crippen LogP contribution in [0.5, 0.6) is 0 Å². The van der Waals surface area contributed by atoms with E-state index >= 15 is 0 Å². The zero-order valence-corrected chi connectivity index (χ0v) is 22.0. The third-order valence-corrected chi connectivity index (χ3v) is 5.91. The number of carbonyl (C=O) groups excluding carboxylic acids is 2. The second kappa shape index (κ2) is 13.5. The van der Waals surface area contributed by atoms with Crippen molar-refractivity contribution in [2.24, 2.45) is 0 Å². The minimum Gasteiger partial charge on any atom is -0.478 e. The summed E-state index contributed by atoms with van der Waals surface area (Å²) in [7, 11) is 0. The van der Waals surface area contributed by atoms with Crippen molar-refractivity contribution in [3.05, 3.63) is 66.7 Å². The third kappa shape index (κ3) is 8.15. The van der Waals surface area contributed by atoms with Crippen LogP contribution in [0, 0.1) is 37.1 Å². The first-order valence-electron chi connectivity index (χ1n) is 10.4. The van der Waals surface area contributed by atoms with Gasteiger partial charge in [-0.2, -0.15) is 26.3 Å². The molecular formula is C22H14Cl2F10N2O6. The van der Waals surface area contributed by atoms with Gasteiger partial charge in [-0.15, -0.1) is 0 Å². The predicted molar refractivity (Wildman–Crippen MR) is 122 cm³/mol. The number of amides is 2. The van der Waals surface area contributed by atoms with Crippen LogP contribution in [0.25, 0.3) is 0 Å². The fourth-order valence-corrected chi connectivity index (χ4v) is 3.73. The molecule has 4 N–H and O–H groups in total. The number of alkyl halides is 6. The van der Waals surface area contributed by atoms with Gasteiger partial charge in [0.1, 0.15) is 0 Å². The van der Waals surface area contributed by atoms with Gasteiger partial charge in [0.15, 0.2) is 23.3 Å². The largest absolute Gasteiger partial charge is 0.478 e. The Morgan fingerprint density at radius 1 is 0.619 bits per heavy atom. The number of benzene rings is 2. The van der Waals surface area contributed by atoms with Crippen LogP contribution in [0.2, 0.25) is 10.0 Å². The number of aromatic carboxylic acids is 2. The second-order valence-corrected chi connectivity index (χ2v) is 8.57. The van der Waals surface area contributed by atoms with Crippen LogP contribution in [0.15, 0.2) is 0 Å². The summed E-state index contributed by atoms with van der Waals surface area (Å²) in [5.41, 5.74) is -4.16. The fourth-order valence-electron chi connectivity index (χ4n) is 3.05. The Hall–Kier alpha value is -3.80. The molecule has 8 nitrogen and oxygen atoms in total. The van der Waals surface area contributed by atoms with Gasteiger partial charge in [0.25, 0.3) is 0 Å². The SMILES string of the molecule is Cc1c(CNC(=O)C(F)(F)F)c(F)c(F)c(Cl)c1C(=O)O.Cc1c(F)c(F)c(CNC(=O)C(F)(F)F)c(Cl)c1C(=O)O. The molecule has 0 bridgehead atoms. The van der Waals surface area contributed by atoms with Gasteiger partial charge >= 0.3 is 36.1 Å². The molecule has 2 rings (SSSR count). The summed E-state index contributed by atoms with van der Waals surface area (Å²) < 4.78 is 126. The average molecular weight is 663 g/mol. The minimum absolute atomic E-state index is 0.381. The van der Waals surface area contributed by atoms with E-state index in [1.54, 1.807) is 0 Å². The maximum absolute atomic E-state index is 13.6. The summed E-state index contributed by atoms with van der Waals surface area (Å²) in [4.78, 5) is 43.1. The fraction of sp³-hybridized carbons (Fsp3) is 0.273. The average Bonchev–Trinajstić information content (AvgIpc) is 2.84. The third-order valence-electron chi connectivity index (χ3n) is 5.14. The lowest BCUT2D eigenvalue weighted by Crippen LogP contribution is -2.36. The molecule has 2 aromatic carbocycles.